The normalized spacial score (nSPS) is 19.7. The maximum absolute atomic E-state index is 12.0. The van der Waals surface area contributed by atoms with Gasteiger partial charge >= 0.3 is 6.36 Å². The summed E-state index contributed by atoms with van der Waals surface area (Å²) in [7, 11) is 0. The van der Waals surface area contributed by atoms with Gasteiger partial charge in [-0.2, -0.15) is 0 Å². The predicted molar refractivity (Wildman–Crippen MR) is 61.2 cm³/mol. The van der Waals surface area contributed by atoms with E-state index in [-0.39, 0.29) is 16.1 Å². The van der Waals surface area contributed by atoms with Crippen molar-refractivity contribution < 1.29 is 22.7 Å². The van der Waals surface area contributed by atoms with Crippen molar-refractivity contribution in [1.82, 2.24) is 0 Å². The molecule has 0 saturated carbocycles. The molecule has 2 N–H and O–H groups in total. The summed E-state index contributed by atoms with van der Waals surface area (Å²) in [6.07, 6.45) is -4.75. The molecule has 0 radical (unpaired) electrons. The molecular weight excluding hydrogens is 317 g/mol. The number of β-lactam (4-membered cyclic amide) rings is 1. The van der Waals surface area contributed by atoms with Crippen molar-refractivity contribution in [1.29, 1.82) is 0 Å². The molecule has 1 aromatic carbocycles. The van der Waals surface area contributed by atoms with Gasteiger partial charge in [0.2, 0.25) is 5.91 Å². The second-order valence-corrected chi connectivity index (χ2v) is 4.57. The lowest BCUT2D eigenvalue weighted by molar-refractivity contribution is -0.274. The van der Waals surface area contributed by atoms with Crippen molar-refractivity contribution in [2.45, 2.75) is 12.4 Å². The molecule has 0 aromatic heterocycles. The Balaban J connectivity index is 2.18. The van der Waals surface area contributed by atoms with Crippen LogP contribution >= 0.6 is 15.9 Å². The molecule has 1 aromatic rings. The number of nitrogens with two attached hydrogens (primary N) is 1. The maximum Gasteiger partial charge on any atom is 0.573 e. The third kappa shape index (κ3) is 2.59. The van der Waals surface area contributed by atoms with Gasteiger partial charge in [-0.1, -0.05) is 0 Å². The summed E-state index contributed by atoms with van der Waals surface area (Å²) >= 11 is 2.96. The average Bonchev–Trinajstić information content (AvgIpc) is 2.26. The number of carbonyl (C=O) groups is 1. The van der Waals surface area contributed by atoms with Crippen molar-refractivity contribution in [3.63, 3.8) is 0 Å². The topological polar surface area (TPSA) is 55.6 Å². The van der Waals surface area contributed by atoms with Crippen LogP contribution in [-0.2, 0) is 4.79 Å². The highest BCUT2D eigenvalue weighted by atomic mass is 79.9. The number of nitrogens with zero attached hydrogens (tertiary/aromatic N) is 1. The van der Waals surface area contributed by atoms with Crippen molar-refractivity contribution in [3.8, 4) is 5.75 Å². The Bertz CT molecular complexity index is 493. The van der Waals surface area contributed by atoms with E-state index in [9.17, 15) is 18.0 Å². The Hall–Kier alpha value is -1.28. The first-order chi connectivity index (χ1) is 8.28. The average molecular weight is 325 g/mol. The molecular formula is C10H8BrF3N2O2. The van der Waals surface area contributed by atoms with E-state index in [4.69, 9.17) is 5.73 Å². The van der Waals surface area contributed by atoms with Crippen LogP contribution in [0.3, 0.4) is 0 Å². The highest BCUT2D eigenvalue weighted by Crippen LogP contribution is 2.34. The van der Waals surface area contributed by atoms with Gasteiger partial charge in [0.05, 0.1) is 11.0 Å². The Labute approximate surface area is 109 Å². The van der Waals surface area contributed by atoms with Crippen LogP contribution in [0.25, 0.3) is 0 Å². The zero-order chi connectivity index (χ0) is 13.5. The third-order valence-electron chi connectivity index (χ3n) is 2.42. The van der Waals surface area contributed by atoms with Crippen LogP contribution in [0, 0.1) is 0 Å². The van der Waals surface area contributed by atoms with E-state index in [2.05, 4.69) is 20.7 Å². The monoisotopic (exact) mass is 324 g/mol. The van der Waals surface area contributed by atoms with E-state index in [0.717, 1.165) is 6.07 Å². The first-order valence-corrected chi connectivity index (χ1v) is 5.69. The molecule has 98 valence electrons. The summed E-state index contributed by atoms with van der Waals surface area (Å²) in [6.45, 7) is 0.352. The molecule has 8 heteroatoms. The summed E-state index contributed by atoms with van der Waals surface area (Å²) in [4.78, 5) is 12.7. The minimum absolute atomic E-state index is 0.116. The van der Waals surface area contributed by atoms with E-state index in [1.807, 2.05) is 0 Å². The first-order valence-electron chi connectivity index (χ1n) is 4.90. The second kappa shape index (κ2) is 4.43. The standard InChI is InChI=1S/C10H8BrF3N2O2/c11-6-3-5(16-4-7(15)9(16)17)1-2-8(6)18-10(12,13)14/h1-3,7H,4,15H2. The van der Waals surface area contributed by atoms with E-state index < -0.39 is 12.4 Å². The number of ether oxygens (including phenoxy) is 1. The molecule has 2 rings (SSSR count). The molecule has 1 unspecified atom stereocenters. The fourth-order valence-corrected chi connectivity index (χ4v) is 2.00. The molecule has 1 heterocycles. The number of hydrogen-bond donors (Lipinski definition) is 1. The molecule has 1 aliphatic heterocycles. The van der Waals surface area contributed by atoms with E-state index in [1.165, 1.54) is 17.0 Å². The fourth-order valence-electron chi connectivity index (χ4n) is 1.55. The van der Waals surface area contributed by atoms with E-state index in [1.54, 1.807) is 0 Å². The predicted octanol–water partition coefficient (Wildman–Crippen LogP) is 2.02. The van der Waals surface area contributed by atoms with Gasteiger partial charge in [0.15, 0.2) is 0 Å². The number of halogens is 4. The van der Waals surface area contributed by atoms with Crippen LogP contribution < -0.4 is 15.4 Å². The van der Waals surface area contributed by atoms with Crippen LogP contribution in [-0.4, -0.2) is 24.9 Å². The Kier molecular flexibility index (Phi) is 3.24. The summed E-state index contributed by atoms with van der Waals surface area (Å²) in [5, 5.41) is 0. The smallest absolute Gasteiger partial charge is 0.405 e. The van der Waals surface area contributed by atoms with Crippen molar-refractivity contribution in [2.24, 2.45) is 5.73 Å². The number of alkyl halides is 3. The highest BCUT2D eigenvalue weighted by Gasteiger charge is 2.35. The summed E-state index contributed by atoms with van der Waals surface area (Å²) in [5.41, 5.74) is 5.90. The Morgan fingerprint density at radius 3 is 2.56 bits per heavy atom. The van der Waals surface area contributed by atoms with Gasteiger partial charge in [-0.3, -0.25) is 4.79 Å². The number of anilines is 1. The second-order valence-electron chi connectivity index (χ2n) is 3.72. The zero-order valence-corrected chi connectivity index (χ0v) is 10.5. The molecule has 1 saturated heterocycles. The number of benzene rings is 1. The zero-order valence-electron chi connectivity index (χ0n) is 8.87. The summed E-state index contributed by atoms with van der Waals surface area (Å²) < 4.78 is 40.0. The van der Waals surface area contributed by atoms with Crippen LogP contribution in [0.4, 0.5) is 18.9 Å². The lowest BCUT2D eigenvalue weighted by Crippen LogP contribution is -2.61. The van der Waals surface area contributed by atoms with Crippen LogP contribution in [0.2, 0.25) is 0 Å². The fraction of sp³-hybridized carbons (Fsp3) is 0.300. The quantitative estimate of drug-likeness (QED) is 0.847. The molecule has 1 aliphatic rings. The molecule has 0 spiro atoms. The van der Waals surface area contributed by atoms with Gasteiger partial charge < -0.3 is 15.4 Å². The number of hydrogen-bond acceptors (Lipinski definition) is 3. The Morgan fingerprint density at radius 1 is 1.44 bits per heavy atom. The van der Waals surface area contributed by atoms with E-state index >= 15 is 0 Å². The SMILES string of the molecule is NC1CN(c2ccc(OC(F)(F)F)c(Br)c2)C1=O. The molecule has 4 nitrogen and oxygen atoms in total. The number of carbonyl (C=O) groups excluding carboxylic acids is 1. The van der Waals surface area contributed by atoms with Gasteiger partial charge in [-0.25, -0.2) is 0 Å². The molecule has 18 heavy (non-hydrogen) atoms. The van der Waals surface area contributed by atoms with Gasteiger partial charge in [-0.05, 0) is 34.1 Å². The molecule has 1 atom stereocenters. The van der Waals surface area contributed by atoms with Gasteiger partial charge in [0, 0.05) is 5.69 Å². The minimum Gasteiger partial charge on any atom is -0.405 e. The molecule has 1 fully saturated rings. The van der Waals surface area contributed by atoms with Crippen LogP contribution in [0.15, 0.2) is 22.7 Å². The lowest BCUT2D eigenvalue weighted by Gasteiger charge is -2.36. The molecule has 0 aliphatic carbocycles. The van der Waals surface area contributed by atoms with Crippen LogP contribution in [0.1, 0.15) is 0 Å². The van der Waals surface area contributed by atoms with Gasteiger partial charge in [0.1, 0.15) is 11.8 Å². The summed E-state index contributed by atoms with van der Waals surface area (Å²) in [6, 6.07) is 3.36. The largest absolute Gasteiger partial charge is 0.573 e. The van der Waals surface area contributed by atoms with Crippen molar-refractivity contribution >= 4 is 27.5 Å². The third-order valence-corrected chi connectivity index (χ3v) is 3.04. The molecule has 0 bridgehead atoms. The Morgan fingerprint density at radius 2 is 2.11 bits per heavy atom. The maximum atomic E-state index is 12.0. The van der Waals surface area contributed by atoms with Crippen LogP contribution in [0.5, 0.6) is 5.75 Å². The van der Waals surface area contributed by atoms with Gasteiger partial charge in [0.25, 0.3) is 0 Å². The minimum atomic E-state index is -4.75. The van der Waals surface area contributed by atoms with Crippen molar-refractivity contribution in [2.75, 3.05) is 11.4 Å². The first kappa shape index (κ1) is 13.2. The number of amides is 1. The highest BCUT2D eigenvalue weighted by molar-refractivity contribution is 9.10. The van der Waals surface area contributed by atoms with E-state index in [0.29, 0.717) is 12.2 Å². The lowest BCUT2D eigenvalue weighted by atomic mass is 10.1. The van der Waals surface area contributed by atoms with Gasteiger partial charge in [-0.15, -0.1) is 13.2 Å². The molecule has 1 amide bonds. The van der Waals surface area contributed by atoms with Crippen molar-refractivity contribution in [3.05, 3.63) is 22.7 Å². The number of rotatable bonds is 2. The summed E-state index contributed by atoms with van der Waals surface area (Å²) in [5.74, 6) is -0.616.